The highest BCUT2D eigenvalue weighted by Crippen LogP contribution is 2.42. The lowest BCUT2D eigenvalue weighted by molar-refractivity contribution is 0.0222. The summed E-state index contributed by atoms with van der Waals surface area (Å²) in [5.74, 6) is 0.892. The van der Waals surface area contributed by atoms with E-state index in [1.807, 2.05) is 36.4 Å². The molecule has 3 aliphatic rings. The first-order valence-electron chi connectivity index (χ1n) is 15.0. The van der Waals surface area contributed by atoms with Crippen LogP contribution in [-0.2, 0) is 10.3 Å². The van der Waals surface area contributed by atoms with Crippen LogP contribution in [0.5, 0.6) is 5.75 Å². The molecule has 2 aromatic carbocycles. The molecular weight excluding hydrogens is 500 g/mol. The number of nitrogens with zero attached hydrogens (tertiary/aromatic N) is 2. The number of β-amino-alcohol motifs (C(OH)–C–C–N with tert-alkyl or cyclic N) is 2. The van der Waals surface area contributed by atoms with Crippen molar-refractivity contribution >= 4 is 5.57 Å². The molecule has 6 heteroatoms. The Hall–Kier alpha value is -2.48. The summed E-state index contributed by atoms with van der Waals surface area (Å²) in [6.07, 6.45) is 9.85. The minimum atomic E-state index is -0.744. The number of hydrogen-bond donors (Lipinski definition) is 2. The summed E-state index contributed by atoms with van der Waals surface area (Å²) in [7, 11) is 0. The number of aliphatic hydroxyl groups excluding tert-OH is 1. The van der Waals surface area contributed by atoms with Crippen molar-refractivity contribution in [1.29, 1.82) is 0 Å². The van der Waals surface area contributed by atoms with Gasteiger partial charge in [0.05, 0.1) is 18.8 Å². The van der Waals surface area contributed by atoms with E-state index in [2.05, 4.69) is 60.1 Å². The van der Waals surface area contributed by atoms with Gasteiger partial charge in [-0.25, -0.2) is 0 Å². The van der Waals surface area contributed by atoms with E-state index in [4.69, 9.17) is 9.47 Å². The zero-order valence-electron chi connectivity index (χ0n) is 24.2. The maximum Gasteiger partial charge on any atom is 0.119 e. The van der Waals surface area contributed by atoms with Crippen LogP contribution in [0.4, 0.5) is 0 Å². The van der Waals surface area contributed by atoms with E-state index in [0.717, 1.165) is 69.7 Å². The number of allylic oxidation sites excluding steroid dienone is 2. The van der Waals surface area contributed by atoms with Crippen molar-refractivity contribution in [3.63, 3.8) is 0 Å². The van der Waals surface area contributed by atoms with Gasteiger partial charge in [-0.1, -0.05) is 74.5 Å². The van der Waals surface area contributed by atoms with Gasteiger partial charge in [-0.2, -0.15) is 0 Å². The van der Waals surface area contributed by atoms with Crippen LogP contribution in [0.3, 0.4) is 0 Å². The molecule has 2 unspecified atom stereocenters. The first-order valence-corrected chi connectivity index (χ1v) is 15.0. The zero-order valence-corrected chi connectivity index (χ0v) is 24.2. The molecule has 0 amide bonds. The van der Waals surface area contributed by atoms with Crippen molar-refractivity contribution in [2.45, 2.75) is 57.3 Å². The number of rotatable bonds is 12. The Balaban J connectivity index is 1.08. The third-order valence-electron chi connectivity index (χ3n) is 8.79. The topological polar surface area (TPSA) is 65.4 Å². The minimum Gasteiger partial charge on any atom is -0.494 e. The second-order valence-electron chi connectivity index (χ2n) is 12.2. The first-order chi connectivity index (χ1) is 19.3. The Morgan fingerprint density at radius 2 is 1.75 bits per heavy atom. The van der Waals surface area contributed by atoms with Gasteiger partial charge in [0.1, 0.15) is 11.4 Å². The standard InChI is InChI=1S/C34H46N2O4/c1-33(2)31(27-10-6-13-30(24-27)39-22-8-18-35-20-16-29(37)25-35)14-7-15-32(33)40-23-9-19-36-21-17-34(38,26-36)28-11-4-3-5-12-28/h3-7,10-15,24,29,32,37-38H,8-9,16-23,25-26H2,1-2H3/t29-,32?,34?/m1/s1. The maximum absolute atomic E-state index is 11.1. The zero-order chi connectivity index (χ0) is 28.0. The van der Waals surface area contributed by atoms with Crippen LogP contribution in [0, 0.1) is 5.41 Å². The van der Waals surface area contributed by atoms with Crippen LogP contribution in [0.25, 0.3) is 5.57 Å². The fourth-order valence-corrected chi connectivity index (χ4v) is 6.38. The summed E-state index contributed by atoms with van der Waals surface area (Å²) in [5, 5.41) is 20.8. The third kappa shape index (κ3) is 7.04. The molecule has 2 N–H and O–H groups in total. The number of hydrogen-bond acceptors (Lipinski definition) is 6. The summed E-state index contributed by atoms with van der Waals surface area (Å²) >= 11 is 0. The molecule has 5 rings (SSSR count). The Kier molecular flexibility index (Phi) is 9.44. The number of ether oxygens (including phenoxy) is 2. The van der Waals surface area contributed by atoms with Crippen molar-refractivity contribution < 1.29 is 19.7 Å². The first kappa shape index (κ1) is 29.0. The van der Waals surface area contributed by atoms with E-state index in [0.29, 0.717) is 19.8 Å². The van der Waals surface area contributed by atoms with Gasteiger partial charge in [0, 0.05) is 51.3 Å². The predicted molar refractivity (Wildman–Crippen MR) is 160 cm³/mol. The van der Waals surface area contributed by atoms with Crippen molar-refractivity contribution in [3.8, 4) is 5.75 Å². The SMILES string of the molecule is CC1(C)C(c2cccc(OCCCN3CC[C@@H](O)C3)c2)=CC=CC1OCCCN1CCC(O)(c2ccccc2)C1. The maximum atomic E-state index is 11.1. The van der Waals surface area contributed by atoms with Crippen molar-refractivity contribution in [1.82, 2.24) is 9.80 Å². The molecule has 2 aliphatic heterocycles. The predicted octanol–water partition coefficient (Wildman–Crippen LogP) is 4.87. The molecule has 216 valence electrons. The number of benzene rings is 2. The molecule has 3 atom stereocenters. The summed E-state index contributed by atoms with van der Waals surface area (Å²) in [5.41, 5.74) is 2.51. The molecule has 2 saturated heterocycles. The highest BCUT2D eigenvalue weighted by molar-refractivity contribution is 5.74. The van der Waals surface area contributed by atoms with Crippen LogP contribution in [-0.4, -0.2) is 84.7 Å². The Morgan fingerprint density at radius 3 is 2.55 bits per heavy atom. The fraction of sp³-hybridized carbons (Fsp3) is 0.529. The highest BCUT2D eigenvalue weighted by Gasteiger charge is 2.38. The van der Waals surface area contributed by atoms with Gasteiger partial charge in [0.2, 0.25) is 0 Å². The van der Waals surface area contributed by atoms with Gasteiger partial charge < -0.3 is 24.6 Å². The summed E-state index contributed by atoms with van der Waals surface area (Å²) in [6.45, 7) is 11.1. The second kappa shape index (κ2) is 13.0. The molecule has 2 fully saturated rings. The molecule has 0 aromatic heterocycles. The molecule has 6 nitrogen and oxygen atoms in total. The van der Waals surface area contributed by atoms with E-state index in [1.165, 1.54) is 11.1 Å². The van der Waals surface area contributed by atoms with E-state index in [1.54, 1.807) is 0 Å². The monoisotopic (exact) mass is 546 g/mol. The van der Waals surface area contributed by atoms with Gasteiger partial charge in [0.25, 0.3) is 0 Å². The van der Waals surface area contributed by atoms with Gasteiger partial charge in [-0.05, 0) is 54.5 Å². The summed E-state index contributed by atoms with van der Waals surface area (Å²) in [6, 6.07) is 18.4. The highest BCUT2D eigenvalue weighted by atomic mass is 16.5. The minimum absolute atomic E-state index is 0.00674. The lowest BCUT2D eigenvalue weighted by Gasteiger charge is -2.37. The molecule has 0 saturated carbocycles. The summed E-state index contributed by atoms with van der Waals surface area (Å²) < 4.78 is 12.5. The Labute approximate surface area is 239 Å². The van der Waals surface area contributed by atoms with Gasteiger partial charge in [0.15, 0.2) is 0 Å². The molecule has 0 radical (unpaired) electrons. The van der Waals surface area contributed by atoms with Crippen LogP contribution in [0.2, 0.25) is 0 Å². The molecular formula is C34H46N2O4. The molecule has 0 spiro atoms. The van der Waals surface area contributed by atoms with Crippen LogP contribution in [0.1, 0.15) is 50.7 Å². The Bertz CT molecular complexity index is 1160. The lowest BCUT2D eigenvalue weighted by Crippen LogP contribution is -2.34. The largest absolute Gasteiger partial charge is 0.494 e. The van der Waals surface area contributed by atoms with E-state index in [9.17, 15) is 10.2 Å². The lowest BCUT2D eigenvalue weighted by atomic mass is 9.73. The number of aliphatic hydroxyl groups is 2. The fourth-order valence-electron chi connectivity index (χ4n) is 6.38. The second-order valence-corrected chi connectivity index (χ2v) is 12.2. The molecule has 0 bridgehead atoms. The van der Waals surface area contributed by atoms with E-state index in [-0.39, 0.29) is 17.6 Å². The quantitative estimate of drug-likeness (QED) is 0.371. The molecule has 2 aromatic rings. The van der Waals surface area contributed by atoms with Gasteiger partial charge in [-0.15, -0.1) is 0 Å². The number of likely N-dealkylation sites (tertiary alicyclic amines) is 2. The average molecular weight is 547 g/mol. The van der Waals surface area contributed by atoms with Crippen molar-refractivity contribution in [2.24, 2.45) is 5.41 Å². The molecule has 40 heavy (non-hydrogen) atoms. The smallest absolute Gasteiger partial charge is 0.119 e. The van der Waals surface area contributed by atoms with Crippen LogP contribution < -0.4 is 4.74 Å². The Morgan fingerprint density at radius 1 is 0.950 bits per heavy atom. The van der Waals surface area contributed by atoms with E-state index >= 15 is 0 Å². The van der Waals surface area contributed by atoms with Crippen LogP contribution >= 0.6 is 0 Å². The van der Waals surface area contributed by atoms with Crippen LogP contribution in [0.15, 0.2) is 72.8 Å². The average Bonchev–Trinajstić information content (AvgIpc) is 3.55. The third-order valence-corrected chi connectivity index (χ3v) is 8.79. The van der Waals surface area contributed by atoms with E-state index < -0.39 is 5.60 Å². The molecule has 2 heterocycles. The van der Waals surface area contributed by atoms with Gasteiger partial charge in [-0.3, -0.25) is 4.90 Å². The normalized spacial score (nSPS) is 26.8. The van der Waals surface area contributed by atoms with Gasteiger partial charge >= 0.3 is 0 Å². The van der Waals surface area contributed by atoms with Crippen molar-refractivity contribution in [3.05, 3.63) is 84.0 Å². The summed E-state index contributed by atoms with van der Waals surface area (Å²) in [4.78, 5) is 4.66. The van der Waals surface area contributed by atoms with Crippen molar-refractivity contribution in [2.75, 3.05) is 52.5 Å². The molecule has 1 aliphatic carbocycles.